The van der Waals surface area contributed by atoms with Crippen LogP contribution in [-0.2, 0) is 19.4 Å². The Hall–Kier alpha value is -2.99. The molecule has 0 unspecified atom stereocenters. The van der Waals surface area contributed by atoms with Crippen molar-refractivity contribution in [3.8, 4) is 11.3 Å². The summed E-state index contributed by atoms with van der Waals surface area (Å²) in [5.74, 6) is 0.864. The molecule has 0 atom stereocenters. The zero-order valence-electron chi connectivity index (χ0n) is 16.5. The lowest BCUT2D eigenvalue weighted by molar-refractivity contribution is 0.619. The molecule has 0 bridgehead atoms. The van der Waals surface area contributed by atoms with Gasteiger partial charge in [0.2, 0.25) is 0 Å². The topological polar surface area (TPSA) is 74.0 Å². The molecule has 6 nitrogen and oxygen atoms in total. The highest BCUT2D eigenvalue weighted by molar-refractivity contribution is 5.62. The van der Waals surface area contributed by atoms with Gasteiger partial charge >= 0.3 is 0 Å². The van der Waals surface area contributed by atoms with Gasteiger partial charge in [-0.2, -0.15) is 5.10 Å². The summed E-state index contributed by atoms with van der Waals surface area (Å²) in [6.07, 6.45) is 4.47. The lowest BCUT2D eigenvalue weighted by Gasteiger charge is -2.09. The van der Waals surface area contributed by atoms with Gasteiger partial charge in [0.25, 0.3) is 0 Å². The van der Waals surface area contributed by atoms with Gasteiger partial charge in [0.1, 0.15) is 0 Å². The van der Waals surface area contributed by atoms with Crippen LogP contribution >= 0.6 is 0 Å². The predicted molar refractivity (Wildman–Crippen MR) is 111 cm³/mol. The first kappa shape index (κ1) is 18.4. The monoisotopic (exact) mass is 374 g/mol. The van der Waals surface area contributed by atoms with Crippen molar-refractivity contribution in [3.63, 3.8) is 0 Å². The minimum atomic E-state index is 0.671. The number of rotatable bonds is 7. The molecule has 2 N–H and O–H groups in total. The minimum Gasteiger partial charge on any atom is -0.334 e. The standard InChI is InChI=1S/C22H26N6/c1-16-9-10-17(2)28-22(16)25-20(26-28)12-11-19-21(18-7-4-3-5-8-18)24-15-27(19)14-6-13-23/h3-5,7-10,15H,6,11-14,23H2,1-2H3. The molecule has 28 heavy (non-hydrogen) atoms. The molecule has 4 aromatic rings. The summed E-state index contributed by atoms with van der Waals surface area (Å²) in [5.41, 5.74) is 12.3. The smallest absolute Gasteiger partial charge is 0.158 e. The van der Waals surface area contributed by atoms with Crippen molar-refractivity contribution in [1.29, 1.82) is 0 Å². The summed E-state index contributed by atoms with van der Waals surface area (Å²) >= 11 is 0. The van der Waals surface area contributed by atoms with Gasteiger partial charge in [-0.25, -0.2) is 14.5 Å². The van der Waals surface area contributed by atoms with Crippen molar-refractivity contribution in [2.24, 2.45) is 5.73 Å². The molecule has 3 heterocycles. The number of nitrogens with zero attached hydrogens (tertiary/aromatic N) is 5. The number of hydrogen-bond acceptors (Lipinski definition) is 4. The molecule has 0 amide bonds. The molecular weight excluding hydrogens is 348 g/mol. The number of hydrogen-bond donors (Lipinski definition) is 1. The van der Waals surface area contributed by atoms with Crippen LogP contribution in [0.4, 0.5) is 0 Å². The SMILES string of the molecule is Cc1ccc(C)n2nc(CCc3c(-c4ccccc4)ncn3CCCN)nc12. The van der Waals surface area contributed by atoms with E-state index in [4.69, 9.17) is 20.8 Å². The van der Waals surface area contributed by atoms with Crippen LogP contribution in [-0.4, -0.2) is 30.7 Å². The lowest BCUT2D eigenvalue weighted by Crippen LogP contribution is -2.09. The van der Waals surface area contributed by atoms with Gasteiger partial charge in [-0.15, -0.1) is 0 Å². The van der Waals surface area contributed by atoms with Crippen LogP contribution in [0.2, 0.25) is 0 Å². The number of nitrogens with two attached hydrogens (primary N) is 1. The molecule has 0 aliphatic carbocycles. The van der Waals surface area contributed by atoms with Gasteiger partial charge in [0.05, 0.1) is 12.0 Å². The molecule has 6 heteroatoms. The van der Waals surface area contributed by atoms with Crippen molar-refractivity contribution in [2.75, 3.05) is 6.54 Å². The fourth-order valence-corrected chi connectivity index (χ4v) is 3.54. The number of benzene rings is 1. The highest BCUT2D eigenvalue weighted by atomic mass is 15.3. The van der Waals surface area contributed by atoms with Crippen LogP contribution < -0.4 is 5.73 Å². The third kappa shape index (κ3) is 3.55. The van der Waals surface area contributed by atoms with Crippen LogP contribution in [0.1, 0.15) is 29.2 Å². The second kappa shape index (κ2) is 7.94. The molecule has 0 aliphatic heterocycles. The first-order valence-electron chi connectivity index (χ1n) is 9.78. The zero-order chi connectivity index (χ0) is 19.5. The van der Waals surface area contributed by atoms with Crippen LogP contribution in [0.3, 0.4) is 0 Å². The van der Waals surface area contributed by atoms with E-state index in [0.29, 0.717) is 6.54 Å². The summed E-state index contributed by atoms with van der Waals surface area (Å²) in [6, 6.07) is 14.5. The van der Waals surface area contributed by atoms with Gasteiger partial charge in [0.15, 0.2) is 11.5 Å². The van der Waals surface area contributed by atoms with E-state index in [2.05, 4.69) is 42.7 Å². The molecule has 0 radical (unpaired) electrons. The first-order valence-corrected chi connectivity index (χ1v) is 9.78. The van der Waals surface area contributed by atoms with Crippen molar-refractivity contribution < 1.29 is 0 Å². The molecular formula is C22H26N6. The van der Waals surface area contributed by atoms with E-state index in [0.717, 1.165) is 59.8 Å². The molecule has 0 fully saturated rings. The third-order valence-corrected chi connectivity index (χ3v) is 5.09. The van der Waals surface area contributed by atoms with Crippen molar-refractivity contribution in [3.05, 3.63) is 71.6 Å². The second-order valence-corrected chi connectivity index (χ2v) is 7.16. The Kier molecular flexibility index (Phi) is 5.21. The van der Waals surface area contributed by atoms with Gasteiger partial charge < -0.3 is 10.3 Å². The third-order valence-electron chi connectivity index (χ3n) is 5.09. The average Bonchev–Trinajstić information content (AvgIpc) is 3.33. The number of aromatic nitrogens is 5. The quantitative estimate of drug-likeness (QED) is 0.538. The number of pyridine rings is 1. The number of fused-ring (bicyclic) bond motifs is 1. The molecule has 0 spiro atoms. The Bertz CT molecular complexity index is 1040. The predicted octanol–water partition coefficient (Wildman–Crippen LogP) is 3.34. The van der Waals surface area contributed by atoms with Crippen molar-refractivity contribution >= 4 is 5.65 Å². The largest absolute Gasteiger partial charge is 0.334 e. The van der Waals surface area contributed by atoms with Crippen molar-refractivity contribution in [2.45, 2.75) is 39.7 Å². The summed E-state index contributed by atoms with van der Waals surface area (Å²) in [7, 11) is 0. The Balaban J connectivity index is 1.64. The summed E-state index contributed by atoms with van der Waals surface area (Å²) in [4.78, 5) is 9.47. The van der Waals surface area contributed by atoms with E-state index in [9.17, 15) is 0 Å². The molecule has 1 aromatic carbocycles. The summed E-state index contributed by atoms with van der Waals surface area (Å²) in [5, 5.41) is 4.72. The highest BCUT2D eigenvalue weighted by Gasteiger charge is 2.15. The van der Waals surface area contributed by atoms with Gasteiger partial charge in [-0.3, -0.25) is 0 Å². The van der Waals surface area contributed by atoms with Gasteiger partial charge in [0, 0.05) is 29.9 Å². The first-order chi connectivity index (χ1) is 13.7. The van der Waals surface area contributed by atoms with E-state index in [1.807, 2.05) is 29.0 Å². The lowest BCUT2D eigenvalue weighted by atomic mass is 10.1. The molecule has 4 rings (SSSR count). The maximum atomic E-state index is 5.72. The zero-order valence-corrected chi connectivity index (χ0v) is 16.5. The fourth-order valence-electron chi connectivity index (χ4n) is 3.54. The molecule has 3 aromatic heterocycles. The van der Waals surface area contributed by atoms with Crippen molar-refractivity contribution in [1.82, 2.24) is 24.1 Å². The Morgan fingerprint density at radius 3 is 2.57 bits per heavy atom. The van der Waals surface area contributed by atoms with E-state index < -0.39 is 0 Å². The van der Waals surface area contributed by atoms with E-state index in [1.165, 1.54) is 5.69 Å². The number of aryl methyl sites for hydroxylation is 4. The second-order valence-electron chi connectivity index (χ2n) is 7.16. The normalized spacial score (nSPS) is 11.4. The van der Waals surface area contributed by atoms with Crippen LogP contribution in [0, 0.1) is 13.8 Å². The summed E-state index contributed by atoms with van der Waals surface area (Å²) in [6.45, 7) is 5.68. The molecule has 144 valence electrons. The average molecular weight is 374 g/mol. The molecule has 0 saturated heterocycles. The van der Waals surface area contributed by atoms with Crippen LogP contribution in [0.25, 0.3) is 16.9 Å². The Labute approximate surface area is 165 Å². The maximum absolute atomic E-state index is 5.72. The Morgan fingerprint density at radius 2 is 1.82 bits per heavy atom. The van der Waals surface area contributed by atoms with E-state index in [-0.39, 0.29) is 0 Å². The minimum absolute atomic E-state index is 0.671. The van der Waals surface area contributed by atoms with E-state index >= 15 is 0 Å². The Morgan fingerprint density at radius 1 is 1.00 bits per heavy atom. The van der Waals surface area contributed by atoms with Crippen LogP contribution in [0.15, 0.2) is 48.8 Å². The van der Waals surface area contributed by atoms with Gasteiger partial charge in [-0.05, 0) is 44.9 Å². The maximum Gasteiger partial charge on any atom is 0.158 e. The summed E-state index contributed by atoms with van der Waals surface area (Å²) < 4.78 is 4.16. The van der Waals surface area contributed by atoms with E-state index in [1.54, 1.807) is 0 Å². The molecule has 0 saturated carbocycles. The van der Waals surface area contributed by atoms with Crippen LogP contribution in [0.5, 0.6) is 0 Å². The van der Waals surface area contributed by atoms with Gasteiger partial charge in [-0.1, -0.05) is 36.4 Å². The fraction of sp³-hybridized carbons (Fsp3) is 0.318. The number of imidazole rings is 1. The highest BCUT2D eigenvalue weighted by Crippen LogP contribution is 2.24. The molecule has 0 aliphatic rings.